The summed E-state index contributed by atoms with van der Waals surface area (Å²) in [5.41, 5.74) is 7.40. The van der Waals surface area contributed by atoms with Crippen molar-refractivity contribution in [2.24, 2.45) is 23.5 Å². The number of aliphatic carboxylic acids is 2. The molecule has 6 amide bonds. The number of aromatic amines is 1. The first-order chi connectivity index (χ1) is 30.7. The average Bonchev–Trinajstić information content (AvgIpc) is 3.64. The predicted octanol–water partition coefficient (Wildman–Crippen LogP) is 4.07. The van der Waals surface area contributed by atoms with Gasteiger partial charge in [0.1, 0.15) is 42.0 Å². The van der Waals surface area contributed by atoms with E-state index in [2.05, 4.69) is 31.6 Å². The molecule has 19 heteroatoms. The van der Waals surface area contributed by atoms with Crippen LogP contribution in [0.4, 0.5) is 4.79 Å². The number of nitrogens with zero attached hydrogens (tertiary/aromatic N) is 1. The molecule has 0 bridgehead atoms. The molecule has 3 aromatic rings. The lowest BCUT2D eigenvalue weighted by atomic mass is 9.95. The summed E-state index contributed by atoms with van der Waals surface area (Å²) in [4.78, 5) is 99.0. The van der Waals surface area contributed by atoms with E-state index >= 15 is 0 Å². The summed E-state index contributed by atoms with van der Waals surface area (Å²) in [6.45, 7) is 11.0. The summed E-state index contributed by atoms with van der Waals surface area (Å²) in [5, 5.41) is 44.2. The predicted molar refractivity (Wildman–Crippen MR) is 247 cm³/mol. The van der Waals surface area contributed by atoms with Crippen molar-refractivity contribution >= 4 is 64.1 Å². The number of urea groups is 1. The molecule has 3 rings (SSSR count). The Labute approximate surface area is 385 Å². The molecule has 0 saturated heterocycles. The van der Waals surface area contributed by atoms with Crippen molar-refractivity contribution in [3.8, 4) is 5.75 Å². The molecule has 0 fully saturated rings. The Balaban J connectivity index is 1.97. The number of amides is 6. The Morgan fingerprint density at radius 3 is 1.97 bits per heavy atom. The summed E-state index contributed by atoms with van der Waals surface area (Å²) in [6.07, 6.45) is 3.50. The molecule has 2 aromatic carbocycles. The Kier molecular flexibility index (Phi) is 21.0. The van der Waals surface area contributed by atoms with Gasteiger partial charge in [0.05, 0.1) is 5.02 Å². The van der Waals surface area contributed by atoms with Crippen molar-refractivity contribution in [3.05, 3.63) is 64.8 Å². The Morgan fingerprint density at radius 1 is 0.754 bits per heavy atom. The molecule has 1 heterocycles. The number of halogens is 1. The number of unbranched alkanes of at least 4 members (excludes halogenated alkanes) is 1. The Morgan fingerprint density at radius 2 is 1.38 bits per heavy atom. The van der Waals surface area contributed by atoms with Gasteiger partial charge in [0.15, 0.2) is 0 Å². The average molecular weight is 928 g/mol. The fourth-order valence-corrected chi connectivity index (χ4v) is 7.55. The third-order valence-corrected chi connectivity index (χ3v) is 12.0. The van der Waals surface area contributed by atoms with Crippen molar-refractivity contribution in [1.29, 1.82) is 0 Å². The molecule has 0 aliphatic rings. The molecular weight excluding hydrogens is 860 g/mol. The van der Waals surface area contributed by atoms with E-state index in [9.17, 15) is 48.9 Å². The lowest BCUT2D eigenvalue weighted by Gasteiger charge is -2.33. The number of phenols is 1. The number of benzene rings is 2. The van der Waals surface area contributed by atoms with Crippen LogP contribution in [0.15, 0.2) is 48.7 Å². The van der Waals surface area contributed by atoms with Crippen LogP contribution in [-0.2, 0) is 41.6 Å². The molecule has 0 saturated carbocycles. The number of carbonyl (C=O) groups is 7. The van der Waals surface area contributed by atoms with E-state index in [1.807, 2.05) is 20.8 Å². The van der Waals surface area contributed by atoms with Crippen LogP contribution in [0.1, 0.15) is 91.2 Å². The zero-order valence-electron chi connectivity index (χ0n) is 38.3. The van der Waals surface area contributed by atoms with Gasteiger partial charge in [-0.1, -0.05) is 96.3 Å². The fourth-order valence-electron chi connectivity index (χ4n) is 7.39. The highest BCUT2D eigenvalue weighted by molar-refractivity contribution is 6.32. The first-order valence-corrected chi connectivity index (χ1v) is 22.5. The molecule has 0 radical (unpaired) electrons. The van der Waals surface area contributed by atoms with Gasteiger partial charge >= 0.3 is 18.0 Å². The van der Waals surface area contributed by atoms with E-state index in [1.165, 1.54) is 19.2 Å². The number of H-pyrrole nitrogens is 1. The molecule has 65 heavy (non-hydrogen) atoms. The second-order valence-corrected chi connectivity index (χ2v) is 17.5. The van der Waals surface area contributed by atoms with Crippen molar-refractivity contribution < 1.29 is 48.9 Å². The first kappa shape index (κ1) is 53.5. The van der Waals surface area contributed by atoms with Crippen LogP contribution in [0.25, 0.3) is 10.9 Å². The van der Waals surface area contributed by atoms with Crippen molar-refractivity contribution in [3.63, 3.8) is 0 Å². The van der Waals surface area contributed by atoms with E-state index in [1.54, 1.807) is 57.3 Å². The zero-order valence-corrected chi connectivity index (χ0v) is 39.0. The number of carboxylic acid groups (broad SMARTS) is 2. The minimum atomic E-state index is -1.37. The molecule has 11 N–H and O–H groups in total. The molecule has 1 aromatic heterocycles. The summed E-state index contributed by atoms with van der Waals surface area (Å²) >= 11 is 6.15. The van der Waals surface area contributed by atoms with Crippen LogP contribution in [0.3, 0.4) is 0 Å². The maximum atomic E-state index is 14.7. The highest BCUT2D eigenvalue weighted by atomic mass is 35.5. The third kappa shape index (κ3) is 15.7. The van der Waals surface area contributed by atoms with Crippen LogP contribution in [0, 0.1) is 17.8 Å². The Hall–Kier alpha value is -5.88. The lowest BCUT2D eigenvalue weighted by Crippen LogP contribution is -2.61. The number of fused-ring (bicyclic) bond motifs is 1. The second kappa shape index (κ2) is 25.6. The monoisotopic (exact) mass is 926 g/mol. The van der Waals surface area contributed by atoms with E-state index < -0.39 is 89.7 Å². The van der Waals surface area contributed by atoms with Crippen LogP contribution >= 0.6 is 11.6 Å². The molecule has 0 aliphatic carbocycles. The molecule has 0 aliphatic heterocycles. The summed E-state index contributed by atoms with van der Waals surface area (Å²) in [6, 6.07) is 3.27. The number of phenolic OH excluding ortho intramolecular Hbond substituents is 1. The van der Waals surface area contributed by atoms with E-state index in [-0.39, 0.29) is 42.4 Å². The number of aromatic hydroxyl groups is 1. The largest absolute Gasteiger partial charge is 0.506 e. The second-order valence-electron chi connectivity index (χ2n) is 17.1. The lowest BCUT2D eigenvalue weighted by molar-refractivity contribution is -0.145. The van der Waals surface area contributed by atoms with Gasteiger partial charge in [0.25, 0.3) is 0 Å². The molecule has 18 nitrogen and oxygen atoms in total. The van der Waals surface area contributed by atoms with Gasteiger partial charge in [0.2, 0.25) is 23.6 Å². The van der Waals surface area contributed by atoms with Gasteiger partial charge < -0.3 is 57.5 Å². The fraction of sp³-hybridized carbons (Fsp3) is 0.543. The van der Waals surface area contributed by atoms with Crippen molar-refractivity contribution in [2.75, 3.05) is 13.6 Å². The number of rotatable bonds is 26. The Bertz CT molecular complexity index is 2100. The quantitative estimate of drug-likeness (QED) is 0.0513. The number of carbonyl (C=O) groups excluding carboxylic acids is 5. The van der Waals surface area contributed by atoms with Gasteiger partial charge in [0, 0.05) is 37.0 Å². The summed E-state index contributed by atoms with van der Waals surface area (Å²) in [7, 11) is 1.38. The number of nitrogens with one attached hydrogen (secondary N) is 6. The number of likely N-dealkylation sites (N-methyl/N-ethyl adjacent to an activating group) is 1. The molecular formula is C46H67ClN8O10. The van der Waals surface area contributed by atoms with Crippen LogP contribution in [0.5, 0.6) is 5.75 Å². The van der Waals surface area contributed by atoms with Crippen LogP contribution < -0.4 is 32.3 Å². The SMILES string of the molecule is CCC(C)[C@@H](NC(=O)N[C@@H](CCCCN)C(=O)N[C@H](C(=O)N[C@@H](CC(C)C)C(=O)N(C)[C@@H](Cc1c[nH]c2cc(Cl)c(O)cc12)C(=O)N[C@@H](Cc1ccccc1)C(=O)O)[C@@H](C)CC)C(=O)O. The molecule has 0 spiro atoms. The molecule has 8 atom stereocenters. The van der Waals surface area contributed by atoms with Gasteiger partial charge in [-0.3, -0.25) is 19.2 Å². The van der Waals surface area contributed by atoms with E-state index in [0.29, 0.717) is 54.3 Å². The van der Waals surface area contributed by atoms with Crippen LogP contribution in [-0.4, -0.2) is 117 Å². The van der Waals surface area contributed by atoms with E-state index in [0.717, 1.165) is 4.90 Å². The maximum Gasteiger partial charge on any atom is 0.326 e. The van der Waals surface area contributed by atoms with Crippen molar-refractivity contribution in [2.45, 2.75) is 129 Å². The number of carboxylic acids is 2. The van der Waals surface area contributed by atoms with Crippen molar-refractivity contribution in [1.82, 2.24) is 36.5 Å². The van der Waals surface area contributed by atoms with Crippen LogP contribution in [0.2, 0.25) is 5.02 Å². The maximum absolute atomic E-state index is 14.7. The standard InChI is InChI=1S/C46H67ClN8O10/c1-8-26(5)38(53-40(57)32(17-13-14-18-48)52-46(65)54-39(45(63)64)27(6)9-2)42(59)50-34(19-25(3)4)43(60)55(7)36(21-29-24-49-33-23-31(47)37(56)22-30(29)33)41(58)51-35(44(61)62)20-28-15-11-10-12-16-28/h10-12,15-16,22-27,32,34-36,38-39,49,56H,8-9,13-14,17-21,48H2,1-7H3,(H,50,59)(H,51,58)(H,53,57)(H,61,62)(H,63,64)(H2,52,54,65)/t26-,27?,32-,34-,35-,36-,38-,39+/m0/s1. The minimum Gasteiger partial charge on any atom is -0.506 e. The molecule has 358 valence electrons. The summed E-state index contributed by atoms with van der Waals surface area (Å²) < 4.78 is 0. The van der Waals surface area contributed by atoms with E-state index in [4.69, 9.17) is 17.3 Å². The first-order valence-electron chi connectivity index (χ1n) is 22.1. The van der Waals surface area contributed by atoms with Gasteiger partial charge in [-0.2, -0.15) is 0 Å². The number of hydrogen-bond donors (Lipinski definition) is 10. The highest BCUT2D eigenvalue weighted by Crippen LogP contribution is 2.31. The van der Waals surface area contributed by atoms with Gasteiger partial charge in [-0.15, -0.1) is 0 Å². The van der Waals surface area contributed by atoms with Gasteiger partial charge in [-0.25, -0.2) is 14.4 Å². The topological polar surface area (TPSA) is 285 Å². The molecule has 1 unspecified atom stereocenters. The normalized spacial score (nSPS) is 15.0. The number of aromatic nitrogens is 1. The number of nitrogens with two attached hydrogens (primary N) is 1. The number of hydrogen-bond acceptors (Lipinski definition) is 9. The highest BCUT2D eigenvalue weighted by Gasteiger charge is 2.38. The zero-order chi connectivity index (χ0) is 48.5. The smallest absolute Gasteiger partial charge is 0.326 e. The van der Waals surface area contributed by atoms with Gasteiger partial charge in [-0.05, 0) is 73.2 Å². The minimum absolute atomic E-state index is 0.0461. The third-order valence-electron chi connectivity index (χ3n) is 11.7. The summed E-state index contributed by atoms with van der Waals surface area (Å²) in [5.74, 6) is -6.65.